The quantitative estimate of drug-likeness (QED) is 0.523. The Hall–Kier alpha value is 0.770. The molecule has 0 spiro atoms. The third kappa shape index (κ3) is 2.35. The maximum absolute atomic E-state index is 5.93. The van der Waals surface area contributed by atoms with Crippen molar-refractivity contribution >= 4 is 56.8 Å². The summed E-state index contributed by atoms with van der Waals surface area (Å²) in [6, 6.07) is 3.91. The van der Waals surface area contributed by atoms with E-state index < -0.39 is 0 Å². The van der Waals surface area contributed by atoms with Gasteiger partial charge in [0.1, 0.15) is 5.75 Å². The first-order chi connectivity index (χ1) is 5.15. The van der Waals surface area contributed by atoms with Crippen LogP contribution >= 0.6 is 56.8 Å². The van der Waals surface area contributed by atoms with Crippen LogP contribution in [0.3, 0.4) is 0 Å². The van der Waals surface area contributed by atoms with E-state index in [0.717, 1.165) is 12.9 Å². The van der Waals surface area contributed by atoms with Gasteiger partial charge in [0.15, 0.2) is 0 Å². The summed E-state index contributed by atoms with van der Waals surface area (Å²) < 4.78 is 7.22. The Bertz CT molecular complexity index is 275. The minimum Gasteiger partial charge on any atom is -0.495 e. The Balaban J connectivity index is 3.24. The lowest BCUT2D eigenvalue weighted by Crippen LogP contribution is -1.87. The third-order valence-corrected chi connectivity index (χ3v) is 3.36. The highest BCUT2D eigenvalue weighted by atomic mass is 127. The molecule has 0 aromatic heterocycles. The van der Waals surface area contributed by atoms with E-state index in [1.807, 2.05) is 12.1 Å². The monoisotopic (exact) mass is 394 g/mol. The molecule has 1 nitrogen and oxygen atoms in total. The lowest BCUT2D eigenvalue weighted by molar-refractivity contribution is 0.414. The lowest BCUT2D eigenvalue weighted by Gasteiger charge is -2.04. The van der Waals surface area contributed by atoms with Crippen LogP contribution in [0.5, 0.6) is 5.75 Å². The van der Waals surface area contributed by atoms with Gasteiger partial charge in [-0.05, 0) is 57.3 Å². The molecule has 0 heterocycles. The number of benzene rings is 1. The van der Waals surface area contributed by atoms with Crippen LogP contribution in [0.4, 0.5) is 0 Å². The molecule has 0 saturated heterocycles. The van der Waals surface area contributed by atoms with Gasteiger partial charge < -0.3 is 4.74 Å². The summed E-state index contributed by atoms with van der Waals surface area (Å²) in [5.41, 5.74) is 0. The molecule has 0 radical (unpaired) electrons. The summed E-state index contributed by atoms with van der Waals surface area (Å²) in [5, 5.41) is 0.688. The van der Waals surface area contributed by atoms with Gasteiger partial charge in [0.2, 0.25) is 0 Å². The van der Waals surface area contributed by atoms with Crippen LogP contribution < -0.4 is 4.74 Å². The summed E-state index contributed by atoms with van der Waals surface area (Å²) in [6.45, 7) is 0. The molecule has 1 aromatic carbocycles. The van der Waals surface area contributed by atoms with Crippen LogP contribution in [0.1, 0.15) is 0 Å². The van der Waals surface area contributed by atoms with Gasteiger partial charge in [-0.15, -0.1) is 0 Å². The number of hydrogen-bond acceptors (Lipinski definition) is 1. The first-order valence-electron chi connectivity index (χ1n) is 2.83. The molecule has 0 atom stereocenters. The fraction of sp³-hybridized carbons (Fsp3) is 0.143. The lowest BCUT2D eigenvalue weighted by atomic mass is 10.3. The molecule has 1 rings (SSSR count). The van der Waals surface area contributed by atoms with E-state index in [-0.39, 0.29) is 0 Å². The predicted octanol–water partition coefficient (Wildman–Crippen LogP) is 3.56. The Morgan fingerprint density at radius 2 is 2.00 bits per heavy atom. The van der Waals surface area contributed by atoms with Crippen LogP contribution in [0.25, 0.3) is 0 Å². The van der Waals surface area contributed by atoms with Crippen LogP contribution in [0, 0.1) is 7.14 Å². The van der Waals surface area contributed by atoms with E-state index in [9.17, 15) is 0 Å². The normalized spacial score (nSPS) is 9.82. The van der Waals surface area contributed by atoms with E-state index >= 15 is 0 Å². The Kier molecular flexibility index (Phi) is 3.70. The highest BCUT2D eigenvalue weighted by Crippen LogP contribution is 2.31. The fourth-order valence-electron chi connectivity index (χ4n) is 0.681. The van der Waals surface area contributed by atoms with Crippen molar-refractivity contribution in [2.75, 3.05) is 7.11 Å². The summed E-state index contributed by atoms with van der Waals surface area (Å²) in [4.78, 5) is 0. The zero-order valence-electron chi connectivity index (χ0n) is 5.70. The van der Waals surface area contributed by atoms with Gasteiger partial charge in [-0.3, -0.25) is 0 Å². The smallest absolute Gasteiger partial charge is 0.139 e. The highest BCUT2D eigenvalue weighted by molar-refractivity contribution is 14.1. The number of methoxy groups -OCH3 is 1. The summed E-state index contributed by atoms with van der Waals surface area (Å²) in [5.74, 6) is 0.739. The van der Waals surface area contributed by atoms with E-state index in [1.54, 1.807) is 7.11 Å². The van der Waals surface area contributed by atoms with Crippen molar-refractivity contribution < 1.29 is 4.74 Å². The molecular weight excluding hydrogens is 389 g/mol. The summed E-state index contributed by atoms with van der Waals surface area (Å²) in [6.07, 6.45) is 0. The molecule has 4 heteroatoms. The molecule has 0 N–H and O–H groups in total. The molecule has 0 fully saturated rings. The predicted molar refractivity (Wildman–Crippen MR) is 63.4 cm³/mol. The minimum absolute atomic E-state index is 0.688. The van der Waals surface area contributed by atoms with E-state index in [4.69, 9.17) is 16.3 Å². The second-order valence-corrected chi connectivity index (χ2v) is 4.69. The van der Waals surface area contributed by atoms with Crippen LogP contribution in [0.2, 0.25) is 5.02 Å². The van der Waals surface area contributed by atoms with E-state index in [1.165, 1.54) is 0 Å². The van der Waals surface area contributed by atoms with Crippen LogP contribution in [-0.4, -0.2) is 7.11 Å². The number of ether oxygens (including phenoxy) is 1. The van der Waals surface area contributed by atoms with Gasteiger partial charge in [-0.2, -0.15) is 0 Å². The molecule has 11 heavy (non-hydrogen) atoms. The molecule has 0 aliphatic carbocycles. The van der Waals surface area contributed by atoms with Gasteiger partial charge in [0.05, 0.1) is 12.1 Å². The van der Waals surface area contributed by atoms with Crippen molar-refractivity contribution in [3.05, 3.63) is 24.3 Å². The Labute approximate surface area is 97.7 Å². The van der Waals surface area contributed by atoms with Crippen molar-refractivity contribution in [2.45, 2.75) is 0 Å². The molecule has 0 aliphatic heterocycles. The zero-order valence-corrected chi connectivity index (χ0v) is 10.8. The zero-order chi connectivity index (χ0) is 8.43. The van der Waals surface area contributed by atoms with Crippen LogP contribution in [0.15, 0.2) is 12.1 Å². The van der Waals surface area contributed by atoms with Crippen molar-refractivity contribution in [3.8, 4) is 5.75 Å². The SMILES string of the molecule is COc1cc(I)cc(I)c1Cl. The molecule has 1 aromatic rings. The van der Waals surface area contributed by atoms with Crippen molar-refractivity contribution in [1.82, 2.24) is 0 Å². The Morgan fingerprint density at radius 1 is 1.36 bits per heavy atom. The van der Waals surface area contributed by atoms with Gasteiger partial charge in [0.25, 0.3) is 0 Å². The van der Waals surface area contributed by atoms with Crippen LogP contribution in [-0.2, 0) is 0 Å². The maximum Gasteiger partial charge on any atom is 0.139 e. The van der Waals surface area contributed by atoms with E-state index in [2.05, 4.69) is 45.2 Å². The average Bonchev–Trinajstić information content (AvgIpc) is 1.96. The molecule has 0 unspecified atom stereocenters. The largest absolute Gasteiger partial charge is 0.495 e. The second-order valence-electron chi connectivity index (χ2n) is 1.90. The third-order valence-electron chi connectivity index (χ3n) is 1.18. The van der Waals surface area contributed by atoms with Crippen molar-refractivity contribution in [3.63, 3.8) is 0 Å². The molecule has 0 aliphatic rings. The van der Waals surface area contributed by atoms with Crippen molar-refractivity contribution in [1.29, 1.82) is 0 Å². The number of rotatable bonds is 1. The van der Waals surface area contributed by atoms with Gasteiger partial charge >= 0.3 is 0 Å². The Morgan fingerprint density at radius 3 is 2.55 bits per heavy atom. The second kappa shape index (κ2) is 4.13. The fourth-order valence-corrected chi connectivity index (χ4v) is 2.66. The molecule has 0 saturated carbocycles. The number of hydrogen-bond donors (Lipinski definition) is 0. The first-order valence-corrected chi connectivity index (χ1v) is 5.37. The summed E-state index contributed by atoms with van der Waals surface area (Å²) in [7, 11) is 1.62. The topological polar surface area (TPSA) is 9.23 Å². The summed E-state index contributed by atoms with van der Waals surface area (Å²) >= 11 is 10.3. The van der Waals surface area contributed by atoms with Crippen molar-refractivity contribution in [2.24, 2.45) is 0 Å². The first kappa shape index (κ1) is 9.85. The van der Waals surface area contributed by atoms with Gasteiger partial charge in [-0.25, -0.2) is 0 Å². The molecular formula is C7H5ClI2O. The number of halogens is 3. The molecule has 0 amide bonds. The van der Waals surface area contributed by atoms with E-state index in [0.29, 0.717) is 5.02 Å². The van der Waals surface area contributed by atoms with Gasteiger partial charge in [-0.1, -0.05) is 11.6 Å². The average molecular weight is 394 g/mol. The van der Waals surface area contributed by atoms with Gasteiger partial charge in [0, 0.05) is 7.14 Å². The molecule has 60 valence electrons. The standard InChI is InChI=1S/C7H5ClI2O/c1-11-6-3-4(9)2-5(10)7(6)8/h2-3H,1H3. The maximum atomic E-state index is 5.93. The highest BCUT2D eigenvalue weighted by Gasteiger charge is 2.05. The molecule has 0 bridgehead atoms. The minimum atomic E-state index is 0.688.